The van der Waals surface area contributed by atoms with Crippen LogP contribution in [0, 0.1) is 17.6 Å². The molecule has 3 aromatic rings. The molecule has 5 N–H and O–H groups in total. The molecular weight excluding hydrogens is 561 g/mol. The Bertz CT molecular complexity index is 1460. The number of rotatable bonds is 9. The number of benzene rings is 2. The van der Waals surface area contributed by atoms with E-state index in [1.54, 1.807) is 30.3 Å². The van der Waals surface area contributed by atoms with Gasteiger partial charge in [0, 0.05) is 41.6 Å². The van der Waals surface area contributed by atoms with Gasteiger partial charge >= 0.3 is 6.18 Å². The molecule has 1 saturated heterocycles. The molecule has 0 aliphatic carbocycles. The quantitative estimate of drug-likeness (QED) is 0.326. The fraction of sp³-hybridized carbons (Fsp3) is 0.310. The van der Waals surface area contributed by atoms with Crippen molar-refractivity contribution in [2.45, 2.75) is 31.1 Å². The molecule has 0 saturated carbocycles. The molecule has 1 aromatic heterocycles. The van der Waals surface area contributed by atoms with Crippen LogP contribution in [0.15, 0.2) is 65.8 Å². The van der Waals surface area contributed by atoms with E-state index in [1.807, 2.05) is 0 Å². The number of halogens is 5. The summed E-state index contributed by atoms with van der Waals surface area (Å²) in [5.74, 6) is -4.12. The number of ether oxygens (including phenoxy) is 1. The van der Waals surface area contributed by atoms with Gasteiger partial charge in [-0.3, -0.25) is 19.6 Å². The fourth-order valence-corrected chi connectivity index (χ4v) is 4.81. The highest BCUT2D eigenvalue weighted by atomic mass is 19.4. The van der Waals surface area contributed by atoms with Crippen LogP contribution in [0.25, 0.3) is 11.1 Å². The van der Waals surface area contributed by atoms with Gasteiger partial charge in [-0.05, 0) is 54.3 Å². The fourth-order valence-electron chi connectivity index (χ4n) is 4.81. The molecule has 8 nitrogen and oxygen atoms in total. The predicted molar refractivity (Wildman–Crippen MR) is 144 cm³/mol. The zero-order valence-electron chi connectivity index (χ0n) is 22.2. The molecule has 0 bridgehead atoms. The highest BCUT2D eigenvalue weighted by Crippen LogP contribution is 2.31. The van der Waals surface area contributed by atoms with Crippen molar-refractivity contribution < 1.29 is 36.3 Å². The van der Waals surface area contributed by atoms with Gasteiger partial charge in [0.05, 0.1) is 18.3 Å². The Kier molecular flexibility index (Phi) is 9.63. The molecule has 1 aliphatic heterocycles. The molecule has 4 rings (SSSR count). The lowest BCUT2D eigenvalue weighted by Gasteiger charge is -2.30. The number of pyridine rings is 1. The number of amides is 2. The van der Waals surface area contributed by atoms with Crippen LogP contribution in [0.2, 0.25) is 0 Å². The van der Waals surface area contributed by atoms with Gasteiger partial charge in [-0.2, -0.15) is 13.2 Å². The lowest BCUT2D eigenvalue weighted by atomic mass is 9.90. The SMILES string of the molecule is NC(=O)c1cccc(-c2cccnc2C(Cc2cc(F)cc(F)c2)NC(=O)CN=C2COCCC2C(N)C(F)(F)F)c1. The maximum Gasteiger partial charge on any atom is 0.404 e. The minimum Gasteiger partial charge on any atom is -0.375 e. The van der Waals surface area contributed by atoms with Crippen LogP contribution in [-0.2, 0) is 16.0 Å². The molecule has 13 heteroatoms. The van der Waals surface area contributed by atoms with Crippen LogP contribution in [0.1, 0.15) is 34.1 Å². The first-order valence-corrected chi connectivity index (χ1v) is 12.9. The Morgan fingerprint density at radius 1 is 1.10 bits per heavy atom. The van der Waals surface area contributed by atoms with E-state index in [9.17, 15) is 31.5 Å². The van der Waals surface area contributed by atoms with Crippen molar-refractivity contribution in [2.75, 3.05) is 19.8 Å². The van der Waals surface area contributed by atoms with Crippen LogP contribution in [0.3, 0.4) is 0 Å². The summed E-state index contributed by atoms with van der Waals surface area (Å²) in [5, 5.41) is 2.74. The first kappa shape index (κ1) is 30.7. The number of carbonyl (C=O) groups is 2. The van der Waals surface area contributed by atoms with Crippen LogP contribution in [0.5, 0.6) is 0 Å². The Hall–Kier alpha value is -4.23. The minimum absolute atomic E-state index is 0.00342. The summed E-state index contributed by atoms with van der Waals surface area (Å²) in [5.41, 5.74) is 12.7. The van der Waals surface area contributed by atoms with E-state index in [4.69, 9.17) is 16.2 Å². The number of aliphatic imine (C=N–C) groups is 1. The smallest absolute Gasteiger partial charge is 0.375 e. The zero-order chi connectivity index (χ0) is 30.4. The largest absolute Gasteiger partial charge is 0.404 e. The van der Waals surface area contributed by atoms with Crippen molar-refractivity contribution in [1.29, 1.82) is 0 Å². The Morgan fingerprint density at radius 2 is 1.83 bits per heavy atom. The van der Waals surface area contributed by atoms with E-state index in [2.05, 4.69) is 15.3 Å². The first-order chi connectivity index (χ1) is 19.9. The van der Waals surface area contributed by atoms with Crippen molar-refractivity contribution in [3.05, 3.63) is 89.2 Å². The van der Waals surface area contributed by atoms with E-state index in [-0.39, 0.29) is 42.9 Å². The van der Waals surface area contributed by atoms with Gasteiger partial charge in [-0.25, -0.2) is 8.78 Å². The summed E-state index contributed by atoms with van der Waals surface area (Å²) < 4.78 is 73.1. The number of nitrogens with one attached hydrogen (secondary N) is 1. The summed E-state index contributed by atoms with van der Waals surface area (Å²) in [4.78, 5) is 33.4. The van der Waals surface area contributed by atoms with Crippen LogP contribution >= 0.6 is 0 Å². The van der Waals surface area contributed by atoms with Gasteiger partial charge in [0.1, 0.15) is 24.2 Å². The Labute approximate surface area is 238 Å². The Morgan fingerprint density at radius 3 is 2.52 bits per heavy atom. The van der Waals surface area contributed by atoms with Crippen molar-refractivity contribution in [3.8, 4) is 11.1 Å². The summed E-state index contributed by atoms with van der Waals surface area (Å²) in [6.45, 7) is -0.674. The number of aromatic nitrogens is 1. The summed E-state index contributed by atoms with van der Waals surface area (Å²) in [6, 6.07) is 9.54. The monoisotopic (exact) mass is 589 g/mol. The lowest BCUT2D eigenvalue weighted by molar-refractivity contribution is -0.156. The lowest BCUT2D eigenvalue weighted by Crippen LogP contribution is -2.50. The number of hydrogen-bond acceptors (Lipinski definition) is 6. The molecule has 42 heavy (non-hydrogen) atoms. The van der Waals surface area contributed by atoms with E-state index >= 15 is 0 Å². The zero-order valence-corrected chi connectivity index (χ0v) is 22.2. The number of hydrogen-bond donors (Lipinski definition) is 3. The van der Waals surface area contributed by atoms with Gasteiger partial charge in [0.15, 0.2) is 0 Å². The van der Waals surface area contributed by atoms with Crippen molar-refractivity contribution in [3.63, 3.8) is 0 Å². The molecule has 1 aliphatic rings. The molecule has 1 fully saturated rings. The van der Waals surface area contributed by atoms with Crippen LogP contribution in [-0.4, -0.2) is 54.5 Å². The Balaban J connectivity index is 1.65. The van der Waals surface area contributed by atoms with E-state index in [0.717, 1.165) is 12.1 Å². The second kappa shape index (κ2) is 13.2. The van der Waals surface area contributed by atoms with E-state index in [0.29, 0.717) is 22.9 Å². The van der Waals surface area contributed by atoms with Crippen molar-refractivity contribution in [2.24, 2.45) is 22.4 Å². The topological polar surface area (TPSA) is 133 Å². The second-order valence-corrected chi connectivity index (χ2v) is 9.81. The molecular formula is C29H28F5N5O3. The molecule has 3 atom stereocenters. The number of nitrogens with zero attached hydrogens (tertiary/aromatic N) is 2. The average Bonchev–Trinajstić information content (AvgIpc) is 2.94. The normalized spacial score (nSPS) is 18.0. The second-order valence-electron chi connectivity index (χ2n) is 9.81. The van der Waals surface area contributed by atoms with Gasteiger partial charge in [-0.15, -0.1) is 0 Å². The van der Waals surface area contributed by atoms with Gasteiger partial charge in [-0.1, -0.05) is 18.2 Å². The highest BCUT2D eigenvalue weighted by molar-refractivity contribution is 5.94. The van der Waals surface area contributed by atoms with E-state index < -0.39 is 54.2 Å². The third-order valence-corrected chi connectivity index (χ3v) is 6.81. The molecule has 2 heterocycles. The summed E-state index contributed by atoms with van der Waals surface area (Å²) in [6.07, 6.45) is -3.29. The number of alkyl halides is 3. The molecule has 3 unspecified atom stereocenters. The van der Waals surface area contributed by atoms with E-state index in [1.165, 1.54) is 12.3 Å². The van der Waals surface area contributed by atoms with Crippen molar-refractivity contribution >= 4 is 17.5 Å². The summed E-state index contributed by atoms with van der Waals surface area (Å²) >= 11 is 0. The molecule has 222 valence electrons. The van der Waals surface area contributed by atoms with Crippen molar-refractivity contribution in [1.82, 2.24) is 10.3 Å². The van der Waals surface area contributed by atoms with Gasteiger partial charge in [0.25, 0.3) is 0 Å². The molecule has 0 spiro atoms. The first-order valence-electron chi connectivity index (χ1n) is 12.9. The van der Waals surface area contributed by atoms with Crippen LogP contribution < -0.4 is 16.8 Å². The standard InChI is InChI=1S/C29H28F5N5O3/c30-19-9-16(10-20(31)13-19)11-23(26-21(5-2-7-37-26)17-3-1-4-18(12-17)28(36)41)39-25(40)14-38-24-15-42-8-6-22(24)27(35)29(32,33)34/h1-5,7,9-10,12-13,22-23,27H,6,8,11,14-15,35H2,(H2,36,41)(H,39,40). The average molecular weight is 590 g/mol. The highest BCUT2D eigenvalue weighted by Gasteiger charge is 2.44. The molecule has 2 amide bonds. The van der Waals surface area contributed by atoms with Crippen LogP contribution in [0.4, 0.5) is 22.0 Å². The number of nitrogens with two attached hydrogens (primary N) is 2. The predicted octanol–water partition coefficient (Wildman–Crippen LogP) is 3.89. The molecule has 0 radical (unpaired) electrons. The number of carbonyl (C=O) groups excluding carboxylic acids is 2. The third-order valence-electron chi connectivity index (χ3n) is 6.81. The molecule has 2 aromatic carbocycles. The van der Waals surface area contributed by atoms with Gasteiger partial charge in [0.2, 0.25) is 11.8 Å². The van der Waals surface area contributed by atoms with Gasteiger partial charge < -0.3 is 21.5 Å². The number of primary amides is 1. The summed E-state index contributed by atoms with van der Waals surface area (Å²) in [7, 11) is 0. The minimum atomic E-state index is -4.66. The third kappa shape index (κ3) is 7.74. The maximum atomic E-state index is 14.0. The maximum absolute atomic E-state index is 14.0.